The lowest BCUT2D eigenvalue weighted by molar-refractivity contribution is -0.125. The molecule has 20 heteroatoms. The van der Waals surface area contributed by atoms with E-state index in [1.807, 2.05) is 0 Å². The second-order valence-corrected chi connectivity index (χ2v) is 9.88. The number of rotatable bonds is 8. The highest BCUT2D eigenvalue weighted by Gasteiger charge is 2.49. The van der Waals surface area contributed by atoms with Crippen molar-refractivity contribution in [3.63, 3.8) is 0 Å². The second-order valence-electron chi connectivity index (χ2n) is 5.51. The van der Waals surface area contributed by atoms with Crippen LogP contribution in [0.5, 0.6) is 0 Å². The third kappa shape index (κ3) is 9.91. The molecular formula is C11H19N2O15P3. The van der Waals surface area contributed by atoms with Gasteiger partial charge in [0.15, 0.2) is 6.29 Å². The lowest BCUT2D eigenvalue weighted by Gasteiger charge is -2.20. The number of pyridine rings is 1. The van der Waals surface area contributed by atoms with Crippen LogP contribution >= 0.6 is 23.5 Å². The number of hydrogen-bond acceptors (Lipinski definition) is 12. The molecule has 0 saturated carbocycles. The van der Waals surface area contributed by atoms with Crippen molar-refractivity contribution in [3.05, 3.63) is 30.1 Å². The highest BCUT2D eigenvalue weighted by Crippen LogP contribution is 2.66. The van der Waals surface area contributed by atoms with Gasteiger partial charge in [-0.25, -0.2) is 13.7 Å². The zero-order valence-corrected chi connectivity index (χ0v) is 17.8. The third-order valence-corrected chi connectivity index (χ3v) is 6.90. The molecule has 1 aliphatic rings. The molecule has 31 heavy (non-hydrogen) atoms. The number of phosphoric ester groups is 1. The summed E-state index contributed by atoms with van der Waals surface area (Å²) in [5, 5.41) is 27.6. The Bertz CT molecular complexity index is 878. The number of amides is 1. The summed E-state index contributed by atoms with van der Waals surface area (Å²) < 4.78 is 48.5. The molecule has 1 aliphatic heterocycles. The molecule has 3 unspecified atom stereocenters. The first kappa shape index (κ1) is 27.9. The summed E-state index contributed by atoms with van der Waals surface area (Å²) in [6.07, 6.45) is -3.98. The van der Waals surface area contributed by atoms with E-state index < -0.39 is 60.6 Å². The Balaban J connectivity index is 0.000000442. The van der Waals surface area contributed by atoms with Crippen molar-refractivity contribution in [2.45, 2.75) is 24.6 Å². The Morgan fingerprint density at radius 2 is 1.71 bits per heavy atom. The van der Waals surface area contributed by atoms with Gasteiger partial charge >= 0.3 is 23.5 Å². The van der Waals surface area contributed by atoms with Crippen molar-refractivity contribution in [2.75, 3.05) is 6.61 Å². The van der Waals surface area contributed by atoms with Crippen LogP contribution in [-0.4, -0.2) is 77.0 Å². The summed E-state index contributed by atoms with van der Waals surface area (Å²) in [6.45, 7) is -0.783. The normalized spacial score (nSPS) is 27.5. The van der Waals surface area contributed by atoms with Gasteiger partial charge < -0.3 is 45.4 Å². The standard InChI is InChI=1S/C6H6N2O.C5H13O14P3/c7-6(9)5-2-1-3-8-4-5;6-1-2-3(7)4(8)5(16-2)17-21(12,13)19-22(14,15)18-20(9,10)11/h1-4H,(H2,7,9);2-8H,1H2,(H,12,13)(H,14,15)(H2,9,10,11)/t;2-,3-,4-,5?/m.1/s1. The van der Waals surface area contributed by atoms with Gasteiger partial charge in [0, 0.05) is 12.4 Å². The molecule has 1 fully saturated rings. The summed E-state index contributed by atoms with van der Waals surface area (Å²) in [4.78, 5) is 48.8. The van der Waals surface area contributed by atoms with Gasteiger partial charge in [-0.2, -0.15) is 8.62 Å². The van der Waals surface area contributed by atoms with Gasteiger partial charge in [0.2, 0.25) is 5.91 Å². The highest BCUT2D eigenvalue weighted by atomic mass is 31.3. The summed E-state index contributed by atoms with van der Waals surface area (Å²) in [6, 6.07) is 3.29. The fourth-order valence-corrected chi connectivity index (χ4v) is 4.99. The van der Waals surface area contributed by atoms with E-state index in [0.717, 1.165) is 0 Å². The van der Waals surface area contributed by atoms with Crippen LogP contribution in [0.3, 0.4) is 0 Å². The number of phosphoric acid groups is 3. The number of aliphatic hydroxyl groups is 3. The van der Waals surface area contributed by atoms with E-state index in [-0.39, 0.29) is 0 Å². The van der Waals surface area contributed by atoms with E-state index >= 15 is 0 Å². The molecule has 1 aromatic rings. The summed E-state index contributed by atoms with van der Waals surface area (Å²) in [5.41, 5.74) is 5.38. The molecule has 9 N–H and O–H groups in total. The van der Waals surface area contributed by atoms with Crippen molar-refractivity contribution < 1.29 is 71.3 Å². The molecular weight excluding hydrogens is 493 g/mol. The maximum absolute atomic E-state index is 11.4. The van der Waals surface area contributed by atoms with Crippen LogP contribution < -0.4 is 5.73 Å². The number of carbonyl (C=O) groups is 1. The maximum atomic E-state index is 11.4. The van der Waals surface area contributed by atoms with E-state index in [9.17, 15) is 33.6 Å². The van der Waals surface area contributed by atoms with Crippen LogP contribution in [0.1, 0.15) is 10.4 Å². The number of nitrogens with zero attached hydrogens (tertiary/aromatic N) is 1. The Morgan fingerprint density at radius 1 is 1.10 bits per heavy atom. The van der Waals surface area contributed by atoms with Crippen LogP contribution in [0.4, 0.5) is 0 Å². The predicted octanol–water partition coefficient (Wildman–Crippen LogP) is -2.05. The van der Waals surface area contributed by atoms with Gasteiger partial charge in [0.25, 0.3) is 0 Å². The van der Waals surface area contributed by atoms with Crippen molar-refractivity contribution in [2.24, 2.45) is 5.73 Å². The van der Waals surface area contributed by atoms with Crippen molar-refractivity contribution in [1.29, 1.82) is 0 Å². The van der Waals surface area contributed by atoms with Gasteiger partial charge in [-0.15, -0.1) is 0 Å². The highest BCUT2D eigenvalue weighted by molar-refractivity contribution is 7.66. The van der Waals surface area contributed by atoms with E-state index in [2.05, 4.69) is 22.9 Å². The molecule has 178 valence electrons. The Morgan fingerprint density at radius 3 is 2.10 bits per heavy atom. The van der Waals surface area contributed by atoms with Gasteiger partial charge in [0.05, 0.1) is 12.2 Å². The minimum atomic E-state index is -5.70. The Labute approximate surface area is 173 Å². The molecule has 1 aromatic heterocycles. The SMILES string of the molecule is NC(=O)c1cccnc1.O=P(O)(O)OP(=O)(O)OP(=O)(O)OC1O[C@H](CO)[C@@H](O)[C@H]1O. The lowest BCUT2D eigenvalue weighted by Crippen LogP contribution is -2.34. The maximum Gasteiger partial charge on any atom is 0.490 e. The quantitative estimate of drug-likeness (QED) is 0.174. The second kappa shape index (κ2) is 11.1. The first-order valence-corrected chi connectivity index (χ1v) is 12.2. The van der Waals surface area contributed by atoms with Crippen molar-refractivity contribution >= 4 is 29.4 Å². The minimum Gasteiger partial charge on any atom is -0.394 e. The number of nitrogens with two attached hydrogens (primary N) is 1. The first-order chi connectivity index (χ1) is 14.1. The number of carbonyl (C=O) groups excluding carboxylic acids is 1. The molecule has 0 spiro atoms. The van der Waals surface area contributed by atoms with Gasteiger partial charge in [0.1, 0.15) is 18.3 Å². The summed E-state index contributed by atoms with van der Waals surface area (Å²) in [5.74, 6) is -0.442. The van der Waals surface area contributed by atoms with Crippen molar-refractivity contribution in [1.82, 2.24) is 4.98 Å². The average molecular weight is 512 g/mol. The van der Waals surface area contributed by atoms with Gasteiger partial charge in [-0.05, 0) is 12.1 Å². The summed E-state index contributed by atoms with van der Waals surface area (Å²) in [7, 11) is -16.7. The molecule has 0 radical (unpaired) electrons. The fourth-order valence-electron chi connectivity index (χ4n) is 1.89. The van der Waals surface area contributed by atoms with Crippen molar-refractivity contribution in [3.8, 4) is 0 Å². The molecule has 0 aliphatic carbocycles. The molecule has 0 bridgehead atoms. The van der Waals surface area contributed by atoms with E-state index in [4.69, 9.17) is 25.5 Å². The molecule has 1 amide bonds. The zero-order valence-electron chi connectivity index (χ0n) is 15.1. The topological polar surface area (TPSA) is 286 Å². The van der Waals surface area contributed by atoms with Crippen LogP contribution in [0, 0.1) is 0 Å². The first-order valence-electron chi connectivity index (χ1n) is 7.71. The molecule has 2 heterocycles. The molecule has 1 saturated heterocycles. The fraction of sp³-hybridized carbons (Fsp3) is 0.455. The molecule has 6 atom stereocenters. The third-order valence-electron chi connectivity index (χ3n) is 3.10. The smallest absolute Gasteiger partial charge is 0.394 e. The predicted molar refractivity (Wildman–Crippen MR) is 95.5 cm³/mol. The number of primary amides is 1. The minimum absolute atomic E-state index is 0.442. The number of aliphatic hydroxyl groups excluding tert-OH is 3. The van der Waals surface area contributed by atoms with Gasteiger partial charge in [-0.1, -0.05) is 0 Å². The molecule has 2 rings (SSSR count). The van der Waals surface area contributed by atoms with Crippen LogP contribution in [0.2, 0.25) is 0 Å². The lowest BCUT2D eigenvalue weighted by atomic mass is 10.1. The van der Waals surface area contributed by atoms with Crippen LogP contribution in [0.25, 0.3) is 0 Å². The van der Waals surface area contributed by atoms with Gasteiger partial charge in [-0.3, -0.25) is 14.3 Å². The molecule has 0 aromatic carbocycles. The Hall–Kier alpha value is -1.13. The van der Waals surface area contributed by atoms with E-state index in [1.165, 1.54) is 6.20 Å². The van der Waals surface area contributed by atoms with E-state index in [1.54, 1.807) is 18.3 Å². The zero-order chi connectivity index (χ0) is 24.0. The monoisotopic (exact) mass is 512 g/mol. The number of ether oxygens (including phenoxy) is 1. The Kier molecular flexibility index (Phi) is 10.0. The largest absolute Gasteiger partial charge is 0.490 e. The van der Waals surface area contributed by atoms with Crippen LogP contribution in [-0.2, 0) is 31.6 Å². The number of hydrogen-bond donors (Lipinski definition) is 8. The molecule has 17 nitrogen and oxygen atoms in total. The van der Waals surface area contributed by atoms with E-state index in [0.29, 0.717) is 5.56 Å². The summed E-state index contributed by atoms with van der Waals surface area (Å²) >= 11 is 0. The van der Waals surface area contributed by atoms with Crippen LogP contribution in [0.15, 0.2) is 24.5 Å². The average Bonchev–Trinajstić information content (AvgIpc) is 2.87. The number of aromatic nitrogens is 1.